The van der Waals surface area contributed by atoms with E-state index in [-0.39, 0.29) is 11.9 Å². The number of hydrogen-bond donors (Lipinski definition) is 2. The lowest BCUT2D eigenvalue weighted by Crippen LogP contribution is -2.53. The Morgan fingerprint density at radius 1 is 1.38 bits per heavy atom. The van der Waals surface area contributed by atoms with Gasteiger partial charge in [-0.2, -0.15) is 11.8 Å². The zero-order valence-electron chi connectivity index (χ0n) is 12.1. The van der Waals surface area contributed by atoms with Crippen LogP contribution in [0.25, 0.3) is 0 Å². The number of carbonyl (C=O) groups excluding carboxylic acids is 1. The van der Waals surface area contributed by atoms with E-state index in [4.69, 9.17) is 0 Å². The van der Waals surface area contributed by atoms with E-state index in [2.05, 4.69) is 20.5 Å². The predicted molar refractivity (Wildman–Crippen MR) is 86.7 cm³/mol. The van der Waals surface area contributed by atoms with E-state index in [1.807, 2.05) is 36.2 Å². The summed E-state index contributed by atoms with van der Waals surface area (Å²) in [6.45, 7) is 2.84. The first-order valence-corrected chi connectivity index (χ1v) is 8.76. The summed E-state index contributed by atoms with van der Waals surface area (Å²) in [5.41, 5.74) is 0. The maximum Gasteiger partial charge on any atom is 0.238 e. The van der Waals surface area contributed by atoms with Crippen molar-refractivity contribution in [1.29, 1.82) is 0 Å². The van der Waals surface area contributed by atoms with Gasteiger partial charge in [-0.25, -0.2) is 4.98 Å². The number of anilines is 1. The molecule has 5 nitrogen and oxygen atoms in total. The first kappa shape index (κ1) is 14.7. The summed E-state index contributed by atoms with van der Waals surface area (Å²) in [6, 6.07) is 6.28. The van der Waals surface area contributed by atoms with Crippen molar-refractivity contribution in [2.24, 2.45) is 0 Å². The summed E-state index contributed by atoms with van der Waals surface area (Å²) in [5.74, 6) is 3.19. The molecule has 2 aliphatic heterocycles. The molecule has 1 atom stereocenters. The van der Waals surface area contributed by atoms with Crippen LogP contribution in [0.5, 0.6) is 0 Å². The fourth-order valence-corrected chi connectivity index (χ4v) is 3.76. The lowest BCUT2D eigenvalue weighted by atomic mass is 10.0. The molecule has 1 aromatic heterocycles. The van der Waals surface area contributed by atoms with Crippen LogP contribution in [0.2, 0.25) is 0 Å². The number of thioether (sulfide) groups is 1. The van der Waals surface area contributed by atoms with Gasteiger partial charge in [0.15, 0.2) is 0 Å². The molecular formula is C15H22N4OS. The van der Waals surface area contributed by atoms with Crippen LogP contribution in [-0.2, 0) is 4.79 Å². The van der Waals surface area contributed by atoms with Crippen molar-refractivity contribution in [2.75, 3.05) is 36.0 Å². The standard InChI is InChI=1S/C15H22N4OS/c20-15(13-11-21-10-7-16-13)18-12-4-8-19(9-5-12)14-3-1-2-6-17-14/h1-3,6,12-13,16H,4-5,7-11H2,(H,18,20). The lowest BCUT2D eigenvalue weighted by Gasteiger charge is -2.34. The topological polar surface area (TPSA) is 57.3 Å². The summed E-state index contributed by atoms with van der Waals surface area (Å²) in [7, 11) is 0. The number of amides is 1. The fraction of sp³-hybridized carbons (Fsp3) is 0.600. The molecule has 0 saturated carbocycles. The molecule has 3 heterocycles. The van der Waals surface area contributed by atoms with E-state index in [1.54, 1.807) is 0 Å². The number of piperidine rings is 1. The zero-order valence-corrected chi connectivity index (χ0v) is 12.9. The van der Waals surface area contributed by atoms with Crippen LogP contribution in [-0.4, -0.2) is 54.1 Å². The van der Waals surface area contributed by atoms with Gasteiger partial charge in [0.25, 0.3) is 0 Å². The molecule has 2 N–H and O–H groups in total. The second kappa shape index (κ2) is 7.13. The van der Waals surface area contributed by atoms with Crippen molar-refractivity contribution in [3.63, 3.8) is 0 Å². The van der Waals surface area contributed by atoms with Crippen molar-refractivity contribution in [3.05, 3.63) is 24.4 Å². The molecule has 114 valence electrons. The first-order chi connectivity index (χ1) is 10.3. The van der Waals surface area contributed by atoms with E-state index in [1.165, 1.54) is 0 Å². The highest BCUT2D eigenvalue weighted by Crippen LogP contribution is 2.17. The number of nitrogens with one attached hydrogen (secondary N) is 2. The van der Waals surface area contributed by atoms with E-state index in [0.29, 0.717) is 6.04 Å². The van der Waals surface area contributed by atoms with Crippen LogP contribution < -0.4 is 15.5 Å². The third-order valence-electron chi connectivity index (χ3n) is 4.05. The Morgan fingerprint density at radius 3 is 2.90 bits per heavy atom. The Morgan fingerprint density at radius 2 is 2.24 bits per heavy atom. The van der Waals surface area contributed by atoms with Crippen molar-refractivity contribution in [3.8, 4) is 0 Å². The fourth-order valence-electron chi connectivity index (χ4n) is 2.83. The van der Waals surface area contributed by atoms with Crippen molar-refractivity contribution in [1.82, 2.24) is 15.6 Å². The van der Waals surface area contributed by atoms with Crippen LogP contribution >= 0.6 is 11.8 Å². The molecule has 0 bridgehead atoms. The molecule has 6 heteroatoms. The Bertz CT molecular complexity index is 456. The molecule has 1 aromatic rings. The van der Waals surface area contributed by atoms with E-state index >= 15 is 0 Å². The first-order valence-electron chi connectivity index (χ1n) is 7.60. The van der Waals surface area contributed by atoms with E-state index < -0.39 is 0 Å². The molecule has 1 unspecified atom stereocenters. The maximum absolute atomic E-state index is 12.2. The smallest absolute Gasteiger partial charge is 0.238 e. The molecule has 2 aliphatic rings. The van der Waals surface area contributed by atoms with Gasteiger partial charge in [0, 0.05) is 43.4 Å². The van der Waals surface area contributed by atoms with Gasteiger partial charge in [-0.1, -0.05) is 6.07 Å². The number of carbonyl (C=O) groups is 1. The van der Waals surface area contributed by atoms with Gasteiger partial charge in [0.1, 0.15) is 5.82 Å². The third kappa shape index (κ3) is 3.89. The summed E-state index contributed by atoms with van der Waals surface area (Å²) >= 11 is 1.85. The Kier molecular flexibility index (Phi) is 4.98. The largest absolute Gasteiger partial charge is 0.356 e. The van der Waals surface area contributed by atoms with Crippen molar-refractivity contribution in [2.45, 2.75) is 24.9 Å². The highest BCUT2D eigenvalue weighted by molar-refractivity contribution is 7.99. The minimum Gasteiger partial charge on any atom is -0.356 e. The second-order valence-corrected chi connectivity index (χ2v) is 6.69. The monoisotopic (exact) mass is 306 g/mol. The molecule has 2 saturated heterocycles. The molecular weight excluding hydrogens is 284 g/mol. The molecule has 3 rings (SSSR count). The predicted octanol–water partition coefficient (Wildman–Crippen LogP) is 0.872. The van der Waals surface area contributed by atoms with Gasteiger partial charge in [0.05, 0.1) is 6.04 Å². The van der Waals surface area contributed by atoms with Gasteiger partial charge in [-0.05, 0) is 25.0 Å². The van der Waals surface area contributed by atoms with Gasteiger partial charge in [-0.3, -0.25) is 4.79 Å². The van der Waals surface area contributed by atoms with Crippen LogP contribution in [0.3, 0.4) is 0 Å². The molecule has 0 spiro atoms. The number of nitrogens with zero attached hydrogens (tertiary/aromatic N) is 2. The molecule has 21 heavy (non-hydrogen) atoms. The number of pyridine rings is 1. The number of hydrogen-bond acceptors (Lipinski definition) is 5. The molecule has 0 radical (unpaired) electrons. The van der Waals surface area contributed by atoms with Crippen LogP contribution in [0, 0.1) is 0 Å². The highest BCUT2D eigenvalue weighted by atomic mass is 32.2. The normalized spacial score (nSPS) is 23.8. The Hall–Kier alpha value is -1.27. The van der Waals surface area contributed by atoms with Crippen molar-refractivity contribution >= 4 is 23.5 Å². The summed E-state index contributed by atoms with van der Waals surface area (Å²) in [4.78, 5) is 18.9. The van der Waals surface area contributed by atoms with Crippen LogP contribution in [0.1, 0.15) is 12.8 Å². The summed E-state index contributed by atoms with van der Waals surface area (Å²) < 4.78 is 0. The molecule has 2 fully saturated rings. The second-order valence-electron chi connectivity index (χ2n) is 5.54. The molecule has 0 aromatic carbocycles. The maximum atomic E-state index is 12.2. The summed E-state index contributed by atoms with van der Waals surface area (Å²) in [5, 5.41) is 6.49. The van der Waals surface area contributed by atoms with Crippen LogP contribution in [0.15, 0.2) is 24.4 Å². The minimum atomic E-state index is -0.0161. The average Bonchev–Trinajstić information content (AvgIpc) is 2.57. The number of aromatic nitrogens is 1. The lowest BCUT2D eigenvalue weighted by molar-refractivity contribution is -0.123. The highest BCUT2D eigenvalue weighted by Gasteiger charge is 2.26. The van der Waals surface area contributed by atoms with E-state index in [9.17, 15) is 4.79 Å². The van der Waals surface area contributed by atoms with Gasteiger partial charge < -0.3 is 15.5 Å². The van der Waals surface area contributed by atoms with Crippen molar-refractivity contribution < 1.29 is 4.79 Å². The number of rotatable bonds is 3. The van der Waals surface area contributed by atoms with Crippen LogP contribution in [0.4, 0.5) is 5.82 Å². The molecule has 1 amide bonds. The van der Waals surface area contributed by atoms with E-state index in [0.717, 1.165) is 49.8 Å². The quantitative estimate of drug-likeness (QED) is 0.868. The summed E-state index contributed by atoms with van der Waals surface area (Å²) in [6.07, 6.45) is 3.81. The Balaban J connectivity index is 1.46. The van der Waals surface area contributed by atoms with Gasteiger partial charge >= 0.3 is 0 Å². The van der Waals surface area contributed by atoms with Gasteiger partial charge in [0.2, 0.25) is 5.91 Å². The SMILES string of the molecule is O=C(NC1CCN(c2ccccn2)CC1)C1CSCCN1. The molecule has 0 aliphatic carbocycles. The zero-order chi connectivity index (χ0) is 14.5. The minimum absolute atomic E-state index is 0.0161. The third-order valence-corrected chi connectivity index (χ3v) is 5.11. The van der Waals surface area contributed by atoms with Gasteiger partial charge in [-0.15, -0.1) is 0 Å². The average molecular weight is 306 g/mol. The Labute approximate surface area is 129 Å².